The summed E-state index contributed by atoms with van der Waals surface area (Å²) in [7, 11) is 0. The second-order valence-electron chi connectivity index (χ2n) is 5.63. The third-order valence-electron chi connectivity index (χ3n) is 3.76. The fourth-order valence-corrected chi connectivity index (χ4v) is 2.40. The summed E-state index contributed by atoms with van der Waals surface area (Å²) in [5, 5.41) is 5.59. The summed E-state index contributed by atoms with van der Waals surface area (Å²) >= 11 is 0. The van der Waals surface area contributed by atoms with Crippen molar-refractivity contribution in [3.05, 3.63) is 53.9 Å². The monoisotopic (exact) mass is 336 g/mol. The molecule has 6 heteroatoms. The largest absolute Gasteiger partial charge is 0.494 e. The molecule has 0 radical (unpaired) electrons. The van der Waals surface area contributed by atoms with Gasteiger partial charge >= 0.3 is 6.03 Å². The summed E-state index contributed by atoms with van der Waals surface area (Å²) in [6, 6.07) is 12.4. The van der Waals surface area contributed by atoms with Crippen LogP contribution in [0.25, 0.3) is 11.0 Å². The van der Waals surface area contributed by atoms with Gasteiger partial charge in [0.2, 0.25) is 0 Å². The number of ether oxygens (including phenoxy) is 1. The number of nitrogens with one attached hydrogen (secondary N) is 2. The number of hydrogen-bond acceptors (Lipinski definition) is 4. The van der Waals surface area contributed by atoms with Crippen LogP contribution in [0.1, 0.15) is 18.3 Å². The van der Waals surface area contributed by atoms with Gasteiger partial charge in [-0.2, -0.15) is 0 Å². The maximum absolute atomic E-state index is 12.2. The number of benzene rings is 2. The van der Waals surface area contributed by atoms with Crippen molar-refractivity contribution in [2.24, 2.45) is 0 Å². The normalized spacial score (nSPS) is 10.5. The molecule has 0 bridgehead atoms. The third kappa shape index (κ3) is 4.03. The number of anilines is 2. The quantitative estimate of drug-likeness (QED) is 0.745. The van der Waals surface area contributed by atoms with Crippen LogP contribution < -0.4 is 15.4 Å². The van der Waals surface area contributed by atoms with Crippen molar-refractivity contribution >= 4 is 28.4 Å². The zero-order chi connectivity index (χ0) is 17.8. The Balaban J connectivity index is 1.70. The highest BCUT2D eigenvalue weighted by molar-refractivity contribution is 6.00. The van der Waals surface area contributed by atoms with Crippen LogP contribution in [0.4, 0.5) is 16.2 Å². The van der Waals surface area contributed by atoms with Crippen LogP contribution in [0.5, 0.6) is 5.75 Å². The molecule has 0 spiro atoms. The lowest BCUT2D eigenvalue weighted by molar-refractivity contribution is 0.262. The Morgan fingerprint density at radius 3 is 2.20 bits per heavy atom. The first kappa shape index (κ1) is 16.7. The van der Waals surface area contributed by atoms with Crippen molar-refractivity contribution in [3.63, 3.8) is 0 Å². The van der Waals surface area contributed by atoms with Crippen molar-refractivity contribution in [3.8, 4) is 5.75 Å². The van der Waals surface area contributed by atoms with E-state index in [9.17, 15) is 4.79 Å². The van der Waals surface area contributed by atoms with Gasteiger partial charge in [0.15, 0.2) is 0 Å². The average molecular weight is 336 g/mol. The third-order valence-corrected chi connectivity index (χ3v) is 3.76. The summed E-state index contributed by atoms with van der Waals surface area (Å²) in [6.45, 7) is 6.38. The van der Waals surface area contributed by atoms with Crippen LogP contribution in [0.2, 0.25) is 0 Å². The van der Waals surface area contributed by atoms with E-state index in [2.05, 4.69) is 20.6 Å². The predicted molar refractivity (Wildman–Crippen MR) is 99.3 cm³/mol. The van der Waals surface area contributed by atoms with Gasteiger partial charge < -0.3 is 15.4 Å². The van der Waals surface area contributed by atoms with Gasteiger partial charge in [-0.25, -0.2) is 14.8 Å². The summed E-state index contributed by atoms with van der Waals surface area (Å²) < 4.78 is 5.38. The second-order valence-corrected chi connectivity index (χ2v) is 5.63. The number of aromatic nitrogens is 2. The zero-order valence-corrected chi connectivity index (χ0v) is 14.5. The molecule has 3 rings (SSSR count). The molecule has 0 unspecified atom stereocenters. The highest BCUT2D eigenvalue weighted by Gasteiger charge is 2.06. The van der Waals surface area contributed by atoms with Crippen molar-refractivity contribution in [2.75, 3.05) is 17.2 Å². The van der Waals surface area contributed by atoms with Crippen molar-refractivity contribution < 1.29 is 9.53 Å². The van der Waals surface area contributed by atoms with E-state index in [-0.39, 0.29) is 6.03 Å². The summed E-state index contributed by atoms with van der Waals surface area (Å²) in [4.78, 5) is 21.2. The average Bonchev–Trinajstić information content (AvgIpc) is 2.58. The van der Waals surface area contributed by atoms with E-state index < -0.39 is 0 Å². The van der Waals surface area contributed by atoms with E-state index >= 15 is 0 Å². The zero-order valence-electron chi connectivity index (χ0n) is 14.5. The molecule has 2 aromatic carbocycles. The summed E-state index contributed by atoms with van der Waals surface area (Å²) in [5.41, 5.74) is 4.69. The smallest absolute Gasteiger partial charge is 0.323 e. The number of carbonyl (C=O) groups excluding carboxylic acids is 1. The molecule has 0 atom stereocenters. The van der Waals surface area contributed by atoms with Gasteiger partial charge in [0.25, 0.3) is 0 Å². The number of carbonyl (C=O) groups is 1. The number of rotatable bonds is 4. The highest BCUT2D eigenvalue weighted by atomic mass is 16.5. The molecule has 1 heterocycles. The van der Waals surface area contributed by atoms with E-state index in [1.807, 2.05) is 51.1 Å². The molecular weight excluding hydrogens is 316 g/mol. The maximum atomic E-state index is 12.2. The van der Waals surface area contributed by atoms with E-state index in [1.165, 1.54) is 0 Å². The van der Waals surface area contributed by atoms with Gasteiger partial charge in [-0.05, 0) is 63.2 Å². The van der Waals surface area contributed by atoms with Gasteiger partial charge in [0, 0.05) is 11.4 Å². The van der Waals surface area contributed by atoms with Gasteiger partial charge in [-0.1, -0.05) is 0 Å². The molecule has 2 N–H and O–H groups in total. The highest BCUT2D eigenvalue weighted by Crippen LogP contribution is 2.19. The molecule has 0 aliphatic heterocycles. The van der Waals surface area contributed by atoms with Crippen molar-refractivity contribution in [2.45, 2.75) is 20.8 Å². The number of hydrogen-bond donors (Lipinski definition) is 2. The van der Waals surface area contributed by atoms with Crippen LogP contribution >= 0.6 is 0 Å². The van der Waals surface area contributed by atoms with Crippen LogP contribution in [-0.4, -0.2) is 22.6 Å². The topological polar surface area (TPSA) is 76.1 Å². The molecule has 3 aromatic rings. The van der Waals surface area contributed by atoms with Crippen LogP contribution in [0, 0.1) is 13.8 Å². The summed E-state index contributed by atoms with van der Waals surface area (Å²) in [5.74, 6) is 0.771. The Hall–Kier alpha value is -3.15. The van der Waals surface area contributed by atoms with Gasteiger partial charge in [0.05, 0.1) is 29.0 Å². The minimum Gasteiger partial charge on any atom is -0.494 e. The molecule has 6 nitrogen and oxygen atoms in total. The first-order chi connectivity index (χ1) is 12.0. The van der Waals surface area contributed by atoms with Gasteiger partial charge in [-0.3, -0.25) is 0 Å². The Morgan fingerprint density at radius 2 is 1.52 bits per heavy atom. The Kier molecular flexibility index (Phi) is 4.79. The van der Waals surface area contributed by atoms with E-state index in [1.54, 1.807) is 12.1 Å². The maximum Gasteiger partial charge on any atom is 0.323 e. The lowest BCUT2D eigenvalue weighted by atomic mass is 10.2. The minimum absolute atomic E-state index is 0.319. The molecule has 0 aliphatic carbocycles. The van der Waals surface area contributed by atoms with Crippen LogP contribution in [0.3, 0.4) is 0 Å². The Bertz CT molecular complexity index is 907. The molecule has 2 amide bonds. The fraction of sp³-hybridized carbons (Fsp3) is 0.211. The molecule has 0 saturated heterocycles. The van der Waals surface area contributed by atoms with E-state index in [0.717, 1.165) is 28.2 Å². The Labute approximate surface area is 146 Å². The van der Waals surface area contributed by atoms with Crippen LogP contribution in [-0.2, 0) is 0 Å². The number of fused-ring (bicyclic) bond motifs is 1. The Morgan fingerprint density at radius 1 is 0.920 bits per heavy atom. The number of amides is 2. The number of nitrogens with zero attached hydrogens (tertiary/aromatic N) is 2. The molecule has 1 aromatic heterocycles. The first-order valence-electron chi connectivity index (χ1n) is 8.11. The number of urea groups is 1. The second kappa shape index (κ2) is 7.17. The van der Waals surface area contributed by atoms with Crippen LogP contribution in [0.15, 0.2) is 42.5 Å². The lowest BCUT2D eigenvalue weighted by Gasteiger charge is -2.09. The molecule has 0 fully saturated rings. The minimum atomic E-state index is -0.319. The predicted octanol–water partition coefficient (Wildman–Crippen LogP) is 4.29. The molecule has 25 heavy (non-hydrogen) atoms. The standard InChI is InChI=1S/C19H20N4O2/c1-4-25-16-8-5-14(6-9-16)22-19(24)23-15-7-10-17-18(11-15)21-13(3)12(2)20-17/h5-11H,4H2,1-3H3,(H2,22,23,24). The fourth-order valence-electron chi connectivity index (χ4n) is 2.40. The summed E-state index contributed by atoms with van der Waals surface area (Å²) in [6.07, 6.45) is 0. The molecular formula is C19H20N4O2. The van der Waals surface area contributed by atoms with E-state index in [4.69, 9.17) is 4.74 Å². The van der Waals surface area contributed by atoms with Crippen molar-refractivity contribution in [1.29, 1.82) is 0 Å². The molecule has 0 saturated carbocycles. The lowest BCUT2D eigenvalue weighted by Crippen LogP contribution is -2.19. The first-order valence-corrected chi connectivity index (χ1v) is 8.11. The SMILES string of the molecule is CCOc1ccc(NC(=O)Nc2ccc3nc(C)c(C)nc3c2)cc1. The molecule has 0 aliphatic rings. The molecule has 128 valence electrons. The number of aryl methyl sites for hydroxylation is 2. The van der Waals surface area contributed by atoms with Gasteiger partial charge in [-0.15, -0.1) is 0 Å². The van der Waals surface area contributed by atoms with Crippen molar-refractivity contribution in [1.82, 2.24) is 9.97 Å². The van der Waals surface area contributed by atoms with E-state index in [0.29, 0.717) is 18.0 Å². The van der Waals surface area contributed by atoms with Gasteiger partial charge in [0.1, 0.15) is 5.75 Å².